The van der Waals surface area contributed by atoms with Crippen LogP contribution >= 0.6 is 11.6 Å². The van der Waals surface area contributed by atoms with E-state index < -0.39 is 0 Å². The summed E-state index contributed by atoms with van der Waals surface area (Å²) in [5, 5.41) is 4.44. The van der Waals surface area contributed by atoms with Crippen LogP contribution in [0.3, 0.4) is 0 Å². The van der Waals surface area contributed by atoms with Gasteiger partial charge in [0.25, 0.3) is 5.91 Å². The second-order valence-corrected chi connectivity index (χ2v) is 5.04. The Bertz CT molecular complexity index is 652. The topological polar surface area (TPSA) is 77.0 Å². The van der Waals surface area contributed by atoms with Crippen molar-refractivity contribution in [2.24, 2.45) is 7.05 Å². The predicted octanol–water partition coefficient (Wildman–Crippen LogP) is 1.63. The lowest BCUT2D eigenvalue weighted by Crippen LogP contribution is -2.26. The maximum atomic E-state index is 12.3. The van der Waals surface area contributed by atoms with Crippen molar-refractivity contribution in [3.63, 3.8) is 0 Å². The molecule has 0 atom stereocenters. The Hall–Kier alpha value is -2.08. The monoisotopic (exact) mass is 293 g/mol. The molecule has 0 spiro atoms. The van der Waals surface area contributed by atoms with Crippen molar-refractivity contribution < 1.29 is 4.79 Å². The Morgan fingerprint density at radius 3 is 2.75 bits per heavy atom. The van der Waals surface area contributed by atoms with Crippen LogP contribution < -0.4 is 5.73 Å². The molecule has 6 nitrogen and oxygen atoms in total. The number of hydrogen-bond acceptors (Lipinski definition) is 4. The van der Waals surface area contributed by atoms with Gasteiger partial charge in [-0.1, -0.05) is 11.6 Å². The minimum absolute atomic E-state index is 0.164. The zero-order valence-corrected chi connectivity index (χ0v) is 12.3. The molecular weight excluding hydrogens is 278 g/mol. The molecule has 0 aromatic carbocycles. The molecule has 1 amide bonds. The van der Waals surface area contributed by atoms with E-state index in [0.29, 0.717) is 12.1 Å². The lowest BCUT2D eigenvalue weighted by molar-refractivity contribution is 0.0784. The molecule has 2 N–H and O–H groups in total. The summed E-state index contributed by atoms with van der Waals surface area (Å²) in [6.07, 6.45) is 3.18. The molecule has 0 saturated heterocycles. The molecule has 7 heteroatoms. The van der Waals surface area contributed by atoms with Gasteiger partial charge in [0, 0.05) is 38.1 Å². The van der Waals surface area contributed by atoms with Gasteiger partial charge in [0.15, 0.2) is 0 Å². The molecule has 0 saturated carbocycles. The van der Waals surface area contributed by atoms with Crippen LogP contribution in [0.15, 0.2) is 18.5 Å². The van der Waals surface area contributed by atoms with Crippen molar-refractivity contribution in [2.75, 3.05) is 12.8 Å². The van der Waals surface area contributed by atoms with E-state index in [1.54, 1.807) is 22.8 Å². The number of nitrogens with zero attached hydrogens (tertiary/aromatic N) is 4. The number of rotatable bonds is 3. The van der Waals surface area contributed by atoms with Gasteiger partial charge in [-0.2, -0.15) is 5.10 Å². The first kappa shape index (κ1) is 14.3. The SMILES string of the molecule is Cc1c(CN(C)C(=O)c2cnc(N)c(Cl)c2)cnn1C. The van der Waals surface area contributed by atoms with Crippen LogP contribution in [0.1, 0.15) is 21.6 Å². The fraction of sp³-hybridized carbons (Fsp3) is 0.308. The Kier molecular flexibility index (Phi) is 3.94. The van der Waals surface area contributed by atoms with Crippen molar-refractivity contribution in [1.29, 1.82) is 0 Å². The maximum Gasteiger partial charge on any atom is 0.255 e. The zero-order chi connectivity index (χ0) is 14.9. The van der Waals surface area contributed by atoms with Crippen molar-refractivity contribution in [3.05, 3.63) is 40.3 Å². The van der Waals surface area contributed by atoms with E-state index in [0.717, 1.165) is 11.3 Å². The van der Waals surface area contributed by atoms with E-state index in [1.807, 2.05) is 14.0 Å². The van der Waals surface area contributed by atoms with Gasteiger partial charge in [0.05, 0.1) is 16.8 Å². The molecule has 0 unspecified atom stereocenters. The van der Waals surface area contributed by atoms with Crippen LogP contribution in [0.4, 0.5) is 5.82 Å². The molecule has 0 fully saturated rings. The van der Waals surface area contributed by atoms with Gasteiger partial charge in [-0.3, -0.25) is 9.48 Å². The van der Waals surface area contributed by atoms with Crippen LogP contribution in [0.25, 0.3) is 0 Å². The highest BCUT2D eigenvalue weighted by Gasteiger charge is 2.15. The number of nitrogens with two attached hydrogens (primary N) is 1. The van der Waals surface area contributed by atoms with Crippen molar-refractivity contribution in [3.8, 4) is 0 Å². The van der Waals surface area contributed by atoms with Crippen LogP contribution in [0.5, 0.6) is 0 Å². The molecule has 0 aliphatic rings. The number of hydrogen-bond donors (Lipinski definition) is 1. The third kappa shape index (κ3) is 2.75. The number of aryl methyl sites for hydroxylation is 1. The smallest absolute Gasteiger partial charge is 0.255 e. The van der Waals surface area contributed by atoms with Gasteiger partial charge in [-0.05, 0) is 13.0 Å². The van der Waals surface area contributed by atoms with Gasteiger partial charge < -0.3 is 10.6 Å². The molecule has 0 radical (unpaired) electrons. The van der Waals surface area contributed by atoms with E-state index in [1.165, 1.54) is 12.3 Å². The van der Waals surface area contributed by atoms with Crippen molar-refractivity contribution in [2.45, 2.75) is 13.5 Å². The summed E-state index contributed by atoms with van der Waals surface area (Å²) in [5.41, 5.74) is 7.97. The molecule has 0 bridgehead atoms. The van der Waals surface area contributed by atoms with Crippen molar-refractivity contribution >= 4 is 23.3 Å². The largest absolute Gasteiger partial charge is 0.382 e. The third-order valence-corrected chi connectivity index (χ3v) is 3.51. The van der Waals surface area contributed by atoms with Gasteiger partial charge in [-0.15, -0.1) is 0 Å². The summed E-state index contributed by atoms with van der Waals surface area (Å²) >= 11 is 5.88. The van der Waals surface area contributed by atoms with E-state index in [2.05, 4.69) is 10.1 Å². The Balaban J connectivity index is 2.16. The molecular formula is C13H16ClN5O. The van der Waals surface area contributed by atoms with E-state index in [4.69, 9.17) is 17.3 Å². The van der Waals surface area contributed by atoms with Crippen LogP contribution in [0.2, 0.25) is 5.02 Å². The third-order valence-electron chi connectivity index (χ3n) is 3.21. The molecule has 0 aliphatic heterocycles. The molecule has 2 rings (SSSR count). The van der Waals surface area contributed by atoms with Gasteiger partial charge in [-0.25, -0.2) is 4.98 Å². The summed E-state index contributed by atoms with van der Waals surface area (Å²) in [6.45, 7) is 2.43. The number of pyridine rings is 1. The highest BCUT2D eigenvalue weighted by atomic mass is 35.5. The number of aromatic nitrogens is 3. The number of halogens is 1. The summed E-state index contributed by atoms with van der Waals surface area (Å²) in [5.74, 6) is 0.0524. The molecule has 2 aromatic heterocycles. The summed E-state index contributed by atoms with van der Waals surface area (Å²) < 4.78 is 1.77. The first-order valence-electron chi connectivity index (χ1n) is 6.04. The summed E-state index contributed by atoms with van der Waals surface area (Å²) in [6, 6.07) is 1.53. The second kappa shape index (κ2) is 5.50. The standard InChI is InChI=1S/C13H16ClN5O/c1-8-10(6-17-19(8)3)7-18(2)13(20)9-4-11(14)12(15)16-5-9/h4-6H,7H2,1-3H3,(H2,15,16). The van der Waals surface area contributed by atoms with Gasteiger partial charge in [0.2, 0.25) is 0 Å². The molecule has 20 heavy (non-hydrogen) atoms. The average molecular weight is 294 g/mol. The van der Waals surface area contributed by atoms with Gasteiger partial charge in [0.1, 0.15) is 5.82 Å². The fourth-order valence-corrected chi connectivity index (χ4v) is 1.98. The fourth-order valence-electron chi connectivity index (χ4n) is 1.81. The molecule has 2 heterocycles. The van der Waals surface area contributed by atoms with Crippen molar-refractivity contribution in [1.82, 2.24) is 19.7 Å². The molecule has 0 aliphatic carbocycles. The first-order chi connectivity index (χ1) is 9.40. The number of carbonyl (C=O) groups excluding carboxylic acids is 1. The summed E-state index contributed by atoms with van der Waals surface area (Å²) in [7, 11) is 3.59. The van der Waals surface area contributed by atoms with Crippen LogP contribution in [-0.2, 0) is 13.6 Å². The van der Waals surface area contributed by atoms with Crippen LogP contribution in [0, 0.1) is 6.92 Å². The van der Waals surface area contributed by atoms with E-state index in [-0.39, 0.29) is 16.7 Å². The minimum Gasteiger partial charge on any atom is -0.382 e. The highest BCUT2D eigenvalue weighted by Crippen LogP contribution is 2.18. The highest BCUT2D eigenvalue weighted by molar-refractivity contribution is 6.33. The molecule has 2 aromatic rings. The van der Waals surface area contributed by atoms with E-state index >= 15 is 0 Å². The van der Waals surface area contributed by atoms with Crippen LogP contribution in [-0.4, -0.2) is 32.6 Å². The number of nitrogen functional groups attached to an aromatic ring is 1. The zero-order valence-electron chi connectivity index (χ0n) is 11.6. The maximum absolute atomic E-state index is 12.3. The quantitative estimate of drug-likeness (QED) is 0.933. The second-order valence-electron chi connectivity index (χ2n) is 4.63. The van der Waals surface area contributed by atoms with E-state index in [9.17, 15) is 4.79 Å². The lowest BCUT2D eigenvalue weighted by Gasteiger charge is -2.17. The Morgan fingerprint density at radius 2 is 2.20 bits per heavy atom. The molecule has 106 valence electrons. The Labute approximate surface area is 122 Å². The Morgan fingerprint density at radius 1 is 1.50 bits per heavy atom. The first-order valence-corrected chi connectivity index (χ1v) is 6.42. The average Bonchev–Trinajstić information content (AvgIpc) is 2.73. The number of anilines is 1. The predicted molar refractivity (Wildman–Crippen MR) is 77.4 cm³/mol. The summed E-state index contributed by atoms with van der Waals surface area (Å²) in [4.78, 5) is 17.8. The number of amides is 1. The number of carbonyl (C=O) groups is 1. The lowest BCUT2D eigenvalue weighted by atomic mass is 10.2. The van der Waals surface area contributed by atoms with Gasteiger partial charge >= 0.3 is 0 Å². The normalized spacial score (nSPS) is 10.6. The minimum atomic E-state index is -0.164.